The first kappa shape index (κ1) is 16.2. The van der Waals surface area contributed by atoms with Crippen LogP contribution < -0.4 is 16.0 Å². The Morgan fingerprint density at radius 2 is 1.56 bits per heavy atom. The zero-order chi connectivity index (χ0) is 14.2. The van der Waals surface area contributed by atoms with Crippen LogP contribution in [0.3, 0.4) is 0 Å². The molecule has 0 fully saturated rings. The van der Waals surface area contributed by atoms with Gasteiger partial charge in [0, 0.05) is 20.0 Å². The van der Waals surface area contributed by atoms with Gasteiger partial charge in [-0.2, -0.15) is 0 Å². The number of carbonyl (C=O) groups is 3. The Morgan fingerprint density at radius 1 is 1.06 bits per heavy atom. The minimum atomic E-state index is -1.24. The molecule has 0 aromatic rings. The molecule has 0 bridgehead atoms. The summed E-state index contributed by atoms with van der Waals surface area (Å²) in [6, 6.07) is -0.550. The molecule has 0 aliphatic heterocycles. The number of rotatable bonds is 7. The van der Waals surface area contributed by atoms with Crippen LogP contribution in [0.4, 0.5) is 4.79 Å². The lowest BCUT2D eigenvalue weighted by Gasteiger charge is -2.28. The molecule has 0 saturated heterocycles. The molecule has 18 heavy (non-hydrogen) atoms. The number of urea groups is 1. The Labute approximate surface area is 106 Å². The van der Waals surface area contributed by atoms with Gasteiger partial charge in [-0.25, -0.2) is 9.59 Å². The van der Waals surface area contributed by atoms with E-state index in [0.717, 1.165) is 0 Å². The number of aliphatic carboxylic acids is 1. The lowest BCUT2D eigenvalue weighted by atomic mass is 9.93. The van der Waals surface area contributed by atoms with E-state index in [4.69, 9.17) is 5.11 Å². The second-order valence-corrected chi connectivity index (χ2v) is 3.96. The summed E-state index contributed by atoms with van der Waals surface area (Å²) in [4.78, 5) is 33.2. The molecule has 0 unspecified atom stereocenters. The normalized spacial score (nSPS) is 10.6. The second kappa shape index (κ2) is 7.52. The molecule has 0 heterocycles. The molecule has 4 N–H and O–H groups in total. The van der Waals surface area contributed by atoms with E-state index in [1.54, 1.807) is 13.8 Å². The number of nitrogens with one attached hydrogen (secondary N) is 3. The van der Waals surface area contributed by atoms with Crippen molar-refractivity contribution in [3.05, 3.63) is 0 Å². The summed E-state index contributed by atoms with van der Waals surface area (Å²) in [5.74, 6) is -1.23. The predicted octanol–water partition coefficient (Wildman–Crippen LogP) is 0.0651. The molecule has 0 atom stereocenters. The SMILES string of the molecule is CCC(CC)(NC(=O)NCCNC(C)=O)C(=O)O. The fourth-order valence-electron chi connectivity index (χ4n) is 1.46. The molecule has 0 aliphatic carbocycles. The molecule has 104 valence electrons. The van der Waals surface area contributed by atoms with E-state index in [1.165, 1.54) is 6.92 Å². The van der Waals surface area contributed by atoms with Crippen molar-refractivity contribution in [2.75, 3.05) is 13.1 Å². The first-order chi connectivity index (χ1) is 8.38. The minimum absolute atomic E-state index is 0.181. The number of carboxylic acid groups (broad SMARTS) is 1. The topological polar surface area (TPSA) is 108 Å². The summed E-state index contributed by atoms with van der Waals surface area (Å²) in [6.45, 7) is 5.34. The Hall–Kier alpha value is -1.79. The van der Waals surface area contributed by atoms with Gasteiger partial charge in [0.05, 0.1) is 0 Å². The first-order valence-corrected chi connectivity index (χ1v) is 5.91. The highest BCUT2D eigenvalue weighted by atomic mass is 16.4. The lowest BCUT2D eigenvalue weighted by molar-refractivity contribution is -0.144. The number of carbonyl (C=O) groups excluding carboxylic acids is 2. The van der Waals surface area contributed by atoms with Crippen molar-refractivity contribution in [3.63, 3.8) is 0 Å². The van der Waals surface area contributed by atoms with Gasteiger partial charge in [-0.15, -0.1) is 0 Å². The smallest absolute Gasteiger partial charge is 0.329 e. The van der Waals surface area contributed by atoms with Crippen LogP contribution in [0, 0.1) is 0 Å². The number of hydrogen-bond acceptors (Lipinski definition) is 3. The van der Waals surface area contributed by atoms with Gasteiger partial charge in [-0.05, 0) is 12.8 Å². The third-order valence-corrected chi connectivity index (χ3v) is 2.75. The second-order valence-electron chi connectivity index (χ2n) is 3.96. The maximum Gasteiger partial charge on any atom is 0.329 e. The molecule has 0 radical (unpaired) electrons. The zero-order valence-corrected chi connectivity index (χ0v) is 11.0. The maximum atomic E-state index is 11.5. The van der Waals surface area contributed by atoms with Crippen molar-refractivity contribution < 1.29 is 19.5 Å². The van der Waals surface area contributed by atoms with Gasteiger partial charge in [0.15, 0.2) is 0 Å². The lowest BCUT2D eigenvalue weighted by Crippen LogP contribution is -2.57. The summed E-state index contributed by atoms with van der Waals surface area (Å²) >= 11 is 0. The number of hydrogen-bond donors (Lipinski definition) is 4. The monoisotopic (exact) mass is 259 g/mol. The Morgan fingerprint density at radius 3 is 1.94 bits per heavy atom. The Kier molecular flexibility index (Phi) is 6.77. The van der Waals surface area contributed by atoms with Crippen molar-refractivity contribution >= 4 is 17.9 Å². The van der Waals surface area contributed by atoms with Crippen LogP contribution in [-0.4, -0.2) is 41.6 Å². The molecule has 0 saturated carbocycles. The molecule has 0 aromatic heterocycles. The van der Waals surface area contributed by atoms with Crippen LogP contribution in [0.2, 0.25) is 0 Å². The van der Waals surface area contributed by atoms with E-state index >= 15 is 0 Å². The summed E-state index contributed by atoms with van der Waals surface area (Å²) in [7, 11) is 0. The zero-order valence-electron chi connectivity index (χ0n) is 11.0. The van der Waals surface area contributed by atoms with Gasteiger partial charge in [-0.3, -0.25) is 4.79 Å². The van der Waals surface area contributed by atoms with Gasteiger partial charge in [0.2, 0.25) is 5.91 Å². The highest BCUT2D eigenvalue weighted by Gasteiger charge is 2.36. The quantitative estimate of drug-likeness (QED) is 0.485. The molecular formula is C11H21N3O4. The van der Waals surface area contributed by atoms with Crippen LogP contribution in [0.5, 0.6) is 0 Å². The maximum absolute atomic E-state index is 11.5. The Bertz CT molecular complexity index is 313. The average molecular weight is 259 g/mol. The Balaban J connectivity index is 4.19. The van der Waals surface area contributed by atoms with Crippen LogP contribution in [0.25, 0.3) is 0 Å². The van der Waals surface area contributed by atoms with Crippen molar-refractivity contribution in [2.45, 2.75) is 39.2 Å². The summed E-state index contributed by atoms with van der Waals surface area (Å²) in [5, 5.41) is 16.6. The van der Waals surface area contributed by atoms with Crippen molar-refractivity contribution in [3.8, 4) is 0 Å². The molecule has 0 spiro atoms. The van der Waals surface area contributed by atoms with E-state index in [2.05, 4.69) is 16.0 Å². The van der Waals surface area contributed by atoms with Gasteiger partial charge in [0.25, 0.3) is 0 Å². The molecular weight excluding hydrogens is 238 g/mol. The third-order valence-electron chi connectivity index (χ3n) is 2.75. The fraction of sp³-hybridized carbons (Fsp3) is 0.727. The predicted molar refractivity (Wildman–Crippen MR) is 66.2 cm³/mol. The fourth-order valence-corrected chi connectivity index (χ4v) is 1.46. The van der Waals surface area contributed by atoms with E-state index in [1.807, 2.05) is 0 Å². The summed E-state index contributed by atoms with van der Waals surface area (Å²) in [6.07, 6.45) is 0.607. The number of amides is 3. The van der Waals surface area contributed by atoms with E-state index < -0.39 is 17.5 Å². The molecule has 0 aromatic carbocycles. The number of carboxylic acids is 1. The van der Waals surface area contributed by atoms with Gasteiger partial charge in [0.1, 0.15) is 5.54 Å². The van der Waals surface area contributed by atoms with E-state index in [-0.39, 0.29) is 12.5 Å². The first-order valence-electron chi connectivity index (χ1n) is 5.91. The highest BCUT2D eigenvalue weighted by molar-refractivity contribution is 5.86. The molecule has 7 nitrogen and oxygen atoms in total. The largest absolute Gasteiger partial charge is 0.480 e. The average Bonchev–Trinajstić information content (AvgIpc) is 2.31. The molecule has 0 rings (SSSR count). The molecule has 3 amide bonds. The summed E-state index contributed by atoms with van der Waals surface area (Å²) in [5.41, 5.74) is -1.24. The third kappa shape index (κ3) is 5.03. The van der Waals surface area contributed by atoms with Crippen molar-refractivity contribution in [2.24, 2.45) is 0 Å². The molecule has 0 aliphatic rings. The standard InChI is InChI=1S/C11H21N3O4/c1-4-11(5-2,9(16)17)14-10(18)13-7-6-12-8(3)15/h4-7H2,1-3H3,(H,12,15)(H,16,17)(H2,13,14,18). The van der Waals surface area contributed by atoms with Crippen molar-refractivity contribution in [1.29, 1.82) is 0 Å². The molecule has 7 heteroatoms. The highest BCUT2D eigenvalue weighted by Crippen LogP contribution is 2.14. The summed E-state index contributed by atoms with van der Waals surface area (Å²) < 4.78 is 0. The van der Waals surface area contributed by atoms with E-state index in [9.17, 15) is 14.4 Å². The van der Waals surface area contributed by atoms with Crippen LogP contribution in [-0.2, 0) is 9.59 Å². The van der Waals surface area contributed by atoms with Crippen LogP contribution >= 0.6 is 0 Å². The van der Waals surface area contributed by atoms with Gasteiger partial charge in [-0.1, -0.05) is 13.8 Å². The van der Waals surface area contributed by atoms with Crippen LogP contribution in [0.15, 0.2) is 0 Å². The van der Waals surface area contributed by atoms with Gasteiger partial charge >= 0.3 is 12.0 Å². The van der Waals surface area contributed by atoms with Crippen molar-refractivity contribution in [1.82, 2.24) is 16.0 Å². The van der Waals surface area contributed by atoms with Crippen LogP contribution in [0.1, 0.15) is 33.6 Å². The van der Waals surface area contributed by atoms with Gasteiger partial charge < -0.3 is 21.1 Å². The minimum Gasteiger partial charge on any atom is -0.480 e. The van der Waals surface area contributed by atoms with E-state index in [0.29, 0.717) is 19.4 Å².